The Morgan fingerprint density at radius 3 is 2.67 bits per heavy atom. The van der Waals surface area contributed by atoms with E-state index in [9.17, 15) is 9.59 Å². The zero-order chi connectivity index (χ0) is 27.3. The highest BCUT2D eigenvalue weighted by atomic mass is 16.6. The minimum Gasteiger partial charge on any atom is -0.486 e. The van der Waals surface area contributed by atoms with Crippen LogP contribution in [-0.2, 0) is 0 Å². The van der Waals surface area contributed by atoms with Crippen LogP contribution >= 0.6 is 0 Å². The molecule has 0 saturated carbocycles. The van der Waals surface area contributed by atoms with Gasteiger partial charge in [0.05, 0.1) is 23.4 Å². The van der Waals surface area contributed by atoms with Gasteiger partial charge in [-0.25, -0.2) is 4.52 Å². The van der Waals surface area contributed by atoms with Crippen LogP contribution < -0.4 is 20.3 Å². The SMILES string of the molecule is Cc1cccc2ncc(-c3cn4nc(C(=O)NC(C)c5ccc6c(c5)OCCO6)c(C(C)C)c4c(=O)[nH]3)cc12. The lowest BCUT2D eigenvalue weighted by Gasteiger charge is -2.21. The van der Waals surface area contributed by atoms with Crippen LogP contribution in [0.3, 0.4) is 0 Å². The second kappa shape index (κ2) is 9.58. The number of carbonyl (C=O) groups is 1. The number of aryl methyl sites for hydroxylation is 1. The number of benzene rings is 2. The Morgan fingerprint density at radius 1 is 1.08 bits per heavy atom. The molecule has 1 aliphatic rings. The van der Waals surface area contributed by atoms with Crippen molar-refractivity contribution in [3.05, 3.63) is 87.6 Å². The Hall–Kier alpha value is -4.66. The predicted molar refractivity (Wildman–Crippen MR) is 149 cm³/mol. The van der Waals surface area contributed by atoms with Crippen molar-refractivity contribution >= 4 is 22.3 Å². The smallest absolute Gasteiger partial charge is 0.274 e. The molecule has 5 aromatic rings. The van der Waals surface area contributed by atoms with Crippen molar-refractivity contribution < 1.29 is 14.3 Å². The minimum absolute atomic E-state index is 0.107. The van der Waals surface area contributed by atoms with Gasteiger partial charge in [-0.15, -0.1) is 0 Å². The summed E-state index contributed by atoms with van der Waals surface area (Å²) in [7, 11) is 0. The zero-order valence-corrected chi connectivity index (χ0v) is 22.2. The lowest BCUT2D eigenvalue weighted by Crippen LogP contribution is -2.28. The summed E-state index contributed by atoms with van der Waals surface area (Å²) in [6.45, 7) is 8.82. The number of rotatable bonds is 5. The van der Waals surface area contributed by atoms with E-state index in [0.29, 0.717) is 41.5 Å². The van der Waals surface area contributed by atoms with Crippen molar-refractivity contribution in [1.82, 2.24) is 24.9 Å². The van der Waals surface area contributed by atoms with Crippen LogP contribution in [0.25, 0.3) is 27.7 Å². The molecular formula is C30H29N5O4. The topological polar surface area (TPSA) is 111 Å². The van der Waals surface area contributed by atoms with Crippen LogP contribution in [-0.4, -0.2) is 38.7 Å². The largest absolute Gasteiger partial charge is 0.486 e. The van der Waals surface area contributed by atoms with Crippen molar-refractivity contribution in [3.63, 3.8) is 0 Å². The summed E-state index contributed by atoms with van der Waals surface area (Å²) in [6.07, 6.45) is 3.47. The van der Waals surface area contributed by atoms with Crippen molar-refractivity contribution in [3.8, 4) is 22.8 Å². The zero-order valence-electron chi connectivity index (χ0n) is 22.2. The second-order valence-corrected chi connectivity index (χ2v) is 10.2. The Labute approximate surface area is 224 Å². The maximum atomic E-state index is 13.5. The fraction of sp³-hybridized carbons (Fsp3) is 0.267. The minimum atomic E-state index is -0.353. The number of H-pyrrole nitrogens is 1. The molecule has 39 heavy (non-hydrogen) atoms. The van der Waals surface area contributed by atoms with Gasteiger partial charge < -0.3 is 19.8 Å². The van der Waals surface area contributed by atoms with E-state index in [0.717, 1.165) is 27.6 Å². The molecule has 1 aliphatic heterocycles. The van der Waals surface area contributed by atoms with Gasteiger partial charge in [-0.05, 0) is 55.2 Å². The lowest BCUT2D eigenvalue weighted by atomic mass is 10.0. The highest BCUT2D eigenvalue weighted by Gasteiger charge is 2.26. The predicted octanol–water partition coefficient (Wildman–Crippen LogP) is 4.93. The molecule has 1 amide bonds. The Balaban J connectivity index is 1.37. The van der Waals surface area contributed by atoms with Gasteiger partial charge in [0.15, 0.2) is 17.2 Å². The number of amides is 1. The summed E-state index contributed by atoms with van der Waals surface area (Å²) in [5.41, 5.74) is 5.05. The van der Waals surface area contributed by atoms with E-state index in [2.05, 4.69) is 20.4 Å². The van der Waals surface area contributed by atoms with E-state index < -0.39 is 0 Å². The molecule has 0 radical (unpaired) electrons. The Bertz CT molecular complexity index is 1800. The fourth-order valence-electron chi connectivity index (χ4n) is 5.09. The number of carbonyl (C=O) groups excluding carboxylic acids is 1. The highest BCUT2D eigenvalue weighted by Crippen LogP contribution is 2.33. The molecule has 3 aromatic heterocycles. The molecule has 9 nitrogen and oxygen atoms in total. The third-order valence-corrected chi connectivity index (χ3v) is 7.12. The summed E-state index contributed by atoms with van der Waals surface area (Å²) in [4.78, 5) is 34.4. The molecule has 9 heteroatoms. The number of ether oxygens (including phenoxy) is 2. The molecule has 2 N–H and O–H groups in total. The summed E-state index contributed by atoms with van der Waals surface area (Å²) in [6, 6.07) is 13.3. The van der Waals surface area contributed by atoms with Crippen LogP contribution in [0.4, 0.5) is 0 Å². The standard InChI is InChI=1S/C30H29N5O4/c1-16(2)26-27(29(36)32-18(4)19-8-9-24-25(13-19)39-11-10-38-24)34-35-15-23(33-30(37)28(26)35)20-12-21-17(3)6-5-7-22(21)31-14-20/h5-9,12-16,18H,10-11H2,1-4H3,(H,32,36)(H,33,37). The van der Waals surface area contributed by atoms with Gasteiger partial charge >= 0.3 is 0 Å². The first-order chi connectivity index (χ1) is 18.8. The number of aromatic nitrogens is 4. The monoisotopic (exact) mass is 523 g/mol. The van der Waals surface area contributed by atoms with Crippen molar-refractivity contribution in [1.29, 1.82) is 0 Å². The molecule has 198 valence electrons. The second-order valence-electron chi connectivity index (χ2n) is 10.2. The molecule has 6 rings (SSSR count). The van der Waals surface area contributed by atoms with Crippen LogP contribution in [0.1, 0.15) is 59.9 Å². The Morgan fingerprint density at radius 2 is 1.87 bits per heavy atom. The number of aromatic amines is 1. The lowest BCUT2D eigenvalue weighted by molar-refractivity contribution is 0.0933. The number of pyridine rings is 1. The maximum Gasteiger partial charge on any atom is 0.274 e. The van der Waals surface area contributed by atoms with Gasteiger partial charge in [-0.2, -0.15) is 5.10 Å². The van der Waals surface area contributed by atoms with Gasteiger partial charge in [0, 0.05) is 22.7 Å². The van der Waals surface area contributed by atoms with Crippen LogP contribution in [0, 0.1) is 6.92 Å². The summed E-state index contributed by atoms with van der Waals surface area (Å²) in [5.74, 6) is 0.893. The average Bonchev–Trinajstić information content (AvgIpc) is 3.34. The fourth-order valence-corrected chi connectivity index (χ4v) is 5.09. The molecule has 0 saturated heterocycles. The van der Waals surface area contributed by atoms with Gasteiger partial charge in [-0.3, -0.25) is 14.6 Å². The van der Waals surface area contributed by atoms with Crippen molar-refractivity contribution in [2.24, 2.45) is 0 Å². The van der Waals surface area contributed by atoms with Gasteiger partial charge in [-0.1, -0.05) is 32.0 Å². The quantitative estimate of drug-likeness (QED) is 0.338. The van der Waals surface area contributed by atoms with Crippen molar-refractivity contribution in [2.75, 3.05) is 13.2 Å². The van der Waals surface area contributed by atoms with Gasteiger partial charge in [0.25, 0.3) is 11.5 Å². The number of nitrogens with one attached hydrogen (secondary N) is 2. The number of hydrogen-bond donors (Lipinski definition) is 2. The van der Waals surface area contributed by atoms with Crippen LogP contribution in [0.5, 0.6) is 11.5 Å². The molecule has 0 bridgehead atoms. The molecule has 0 aliphatic carbocycles. The Kier molecular flexibility index (Phi) is 6.06. The molecular weight excluding hydrogens is 494 g/mol. The first-order valence-corrected chi connectivity index (χ1v) is 13.0. The molecule has 1 atom stereocenters. The molecule has 0 spiro atoms. The first kappa shape index (κ1) is 24.7. The van der Waals surface area contributed by atoms with Gasteiger partial charge in [0.1, 0.15) is 18.7 Å². The maximum absolute atomic E-state index is 13.5. The van der Waals surface area contributed by atoms with E-state index in [-0.39, 0.29) is 29.1 Å². The van der Waals surface area contributed by atoms with E-state index in [4.69, 9.17) is 9.47 Å². The number of nitrogens with zero attached hydrogens (tertiary/aromatic N) is 3. The van der Waals surface area contributed by atoms with Crippen LogP contribution in [0.15, 0.2) is 59.7 Å². The third kappa shape index (κ3) is 4.39. The van der Waals surface area contributed by atoms with E-state index in [1.54, 1.807) is 12.4 Å². The molecule has 2 aromatic carbocycles. The van der Waals surface area contributed by atoms with E-state index in [1.165, 1.54) is 4.52 Å². The average molecular weight is 524 g/mol. The van der Waals surface area contributed by atoms with Gasteiger partial charge in [0.2, 0.25) is 0 Å². The summed E-state index contributed by atoms with van der Waals surface area (Å²) < 4.78 is 12.8. The van der Waals surface area contributed by atoms with Crippen molar-refractivity contribution in [2.45, 2.75) is 39.7 Å². The molecule has 0 fully saturated rings. The third-order valence-electron chi connectivity index (χ3n) is 7.12. The highest BCUT2D eigenvalue weighted by molar-refractivity contribution is 5.96. The van der Waals surface area contributed by atoms with E-state index >= 15 is 0 Å². The first-order valence-electron chi connectivity index (χ1n) is 13.0. The van der Waals surface area contributed by atoms with E-state index in [1.807, 2.05) is 70.2 Å². The summed E-state index contributed by atoms with van der Waals surface area (Å²) >= 11 is 0. The summed E-state index contributed by atoms with van der Waals surface area (Å²) in [5, 5.41) is 8.64. The molecule has 4 heterocycles. The van der Waals surface area contributed by atoms with Crippen LogP contribution in [0.2, 0.25) is 0 Å². The molecule has 1 unspecified atom stereocenters. The number of hydrogen-bond acceptors (Lipinski definition) is 6. The normalized spacial score (nSPS) is 13.7. The number of fused-ring (bicyclic) bond motifs is 3.